The maximum Gasteiger partial charge on any atom is 0.138 e. The number of hydrogen-bond donors (Lipinski definition) is 1. The lowest BCUT2D eigenvalue weighted by molar-refractivity contribution is 0.179. The van der Waals surface area contributed by atoms with E-state index >= 15 is 0 Å². The second-order valence-corrected chi connectivity index (χ2v) is 5.06. The summed E-state index contributed by atoms with van der Waals surface area (Å²) in [7, 11) is 0. The van der Waals surface area contributed by atoms with Gasteiger partial charge in [0.15, 0.2) is 0 Å². The van der Waals surface area contributed by atoms with E-state index in [1.165, 1.54) is 19.2 Å². The average Bonchev–Trinajstić information content (AvgIpc) is 3.03. The molecule has 2 atom stereocenters. The van der Waals surface area contributed by atoms with Gasteiger partial charge in [0.2, 0.25) is 0 Å². The average molecular weight is 270 g/mol. The fourth-order valence-electron chi connectivity index (χ4n) is 2.50. The zero-order valence-corrected chi connectivity index (χ0v) is 11.5. The molecule has 1 aliphatic heterocycles. The molecule has 104 valence electrons. The normalized spacial score (nSPS) is 19.8. The largest absolute Gasteiger partial charge is 0.487 e. The molecule has 0 aliphatic carbocycles. The summed E-state index contributed by atoms with van der Waals surface area (Å²) < 4.78 is 5.99. The number of aromatic nitrogens is 3. The van der Waals surface area contributed by atoms with E-state index in [0.717, 1.165) is 23.4 Å². The molecule has 1 N–H and O–H groups in total. The Hall–Kier alpha value is -2.01. The minimum atomic E-state index is 0.140. The van der Waals surface area contributed by atoms with E-state index in [4.69, 9.17) is 4.74 Å². The number of hydrogen-bond acceptors (Lipinski definition) is 5. The van der Waals surface area contributed by atoms with Crippen LogP contribution in [-0.4, -0.2) is 33.6 Å². The molecular formula is C15H18N4O. The Balaban J connectivity index is 1.74. The number of ether oxygens (including phenoxy) is 1. The number of nitrogens with zero attached hydrogens (tertiary/aromatic N) is 3. The highest BCUT2D eigenvalue weighted by atomic mass is 16.5. The molecule has 1 unspecified atom stereocenters. The van der Waals surface area contributed by atoms with Crippen molar-refractivity contribution in [3.63, 3.8) is 0 Å². The molecule has 5 heteroatoms. The third kappa shape index (κ3) is 2.93. The molecule has 1 fully saturated rings. The Labute approximate surface area is 118 Å². The summed E-state index contributed by atoms with van der Waals surface area (Å²) in [5.74, 6) is 0.785. The van der Waals surface area contributed by atoms with Crippen LogP contribution in [0.15, 0.2) is 37.2 Å². The van der Waals surface area contributed by atoms with Gasteiger partial charge in [0.25, 0.3) is 0 Å². The first kappa shape index (κ1) is 13.0. The highest BCUT2D eigenvalue weighted by Gasteiger charge is 2.22. The molecule has 20 heavy (non-hydrogen) atoms. The SMILES string of the molecule is CC(Oc1cncc(-c2cncnc2)c1)[C@@H]1CCCN1. The summed E-state index contributed by atoms with van der Waals surface area (Å²) in [6.07, 6.45) is 11.1. The molecular weight excluding hydrogens is 252 g/mol. The van der Waals surface area contributed by atoms with E-state index < -0.39 is 0 Å². The molecule has 0 saturated carbocycles. The van der Waals surface area contributed by atoms with E-state index in [2.05, 4.69) is 27.2 Å². The first-order valence-electron chi connectivity index (χ1n) is 6.93. The molecule has 0 bridgehead atoms. The predicted octanol–water partition coefficient (Wildman–Crippen LogP) is 2.06. The molecule has 0 spiro atoms. The van der Waals surface area contributed by atoms with Gasteiger partial charge in [-0.05, 0) is 32.4 Å². The van der Waals surface area contributed by atoms with Crippen molar-refractivity contribution in [3.05, 3.63) is 37.2 Å². The van der Waals surface area contributed by atoms with Gasteiger partial charge >= 0.3 is 0 Å². The van der Waals surface area contributed by atoms with E-state index in [1.54, 1.807) is 24.8 Å². The summed E-state index contributed by atoms with van der Waals surface area (Å²) >= 11 is 0. The van der Waals surface area contributed by atoms with E-state index in [-0.39, 0.29) is 6.10 Å². The van der Waals surface area contributed by atoms with Crippen molar-refractivity contribution in [1.82, 2.24) is 20.3 Å². The highest BCUT2D eigenvalue weighted by Crippen LogP contribution is 2.23. The van der Waals surface area contributed by atoms with Crippen molar-refractivity contribution in [2.75, 3.05) is 6.54 Å². The van der Waals surface area contributed by atoms with Gasteiger partial charge in [-0.1, -0.05) is 0 Å². The van der Waals surface area contributed by atoms with Crippen molar-refractivity contribution in [2.45, 2.75) is 31.9 Å². The van der Waals surface area contributed by atoms with Crippen LogP contribution in [0, 0.1) is 0 Å². The second kappa shape index (κ2) is 5.96. The van der Waals surface area contributed by atoms with Gasteiger partial charge in [-0.25, -0.2) is 9.97 Å². The van der Waals surface area contributed by atoms with Crippen LogP contribution < -0.4 is 10.1 Å². The van der Waals surface area contributed by atoms with Crippen molar-refractivity contribution < 1.29 is 4.74 Å². The number of nitrogens with one attached hydrogen (secondary N) is 1. The Morgan fingerprint density at radius 1 is 1.15 bits per heavy atom. The molecule has 5 nitrogen and oxygen atoms in total. The highest BCUT2D eigenvalue weighted by molar-refractivity contribution is 5.61. The number of pyridine rings is 1. The smallest absolute Gasteiger partial charge is 0.138 e. The van der Waals surface area contributed by atoms with Gasteiger partial charge in [0, 0.05) is 35.8 Å². The van der Waals surface area contributed by atoms with Crippen LogP contribution in [-0.2, 0) is 0 Å². The second-order valence-electron chi connectivity index (χ2n) is 5.06. The van der Waals surface area contributed by atoms with Crippen LogP contribution in [0.5, 0.6) is 5.75 Å². The lowest BCUT2D eigenvalue weighted by Gasteiger charge is -2.21. The van der Waals surface area contributed by atoms with Crippen LogP contribution in [0.3, 0.4) is 0 Å². The lowest BCUT2D eigenvalue weighted by atomic mass is 10.1. The van der Waals surface area contributed by atoms with E-state index in [9.17, 15) is 0 Å². The molecule has 1 saturated heterocycles. The Morgan fingerprint density at radius 3 is 2.70 bits per heavy atom. The molecule has 2 aromatic rings. The Bertz CT molecular complexity index is 555. The maximum atomic E-state index is 5.99. The fraction of sp³-hybridized carbons (Fsp3) is 0.400. The summed E-state index contributed by atoms with van der Waals surface area (Å²) in [5, 5.41) is 3.46. The lowest BCUT2D eigenvalue weighted by Crippen LogP contribution is -2.36. The van der Waals surface area contributed by atoms with Gasteiger partial charge in [0.05, 0.1) is 6.20 Å². The molecule has 3 heterocycles. The van der Waals surface area contributed by atoms with E-state index in [0.29, 0.717) is 6.04 Å². The quantitative estimate of drug-likeness (QED) is 0.921. The van der Waals surface area contributed by atoms with Gasteiger partial charge in [-0.3, -0.25) is 4.98 Å². The predicted molar refractivity (Wildman–Crippen MR) is 76.4 cm³/mol. The molecule has 3 rings (SSSR count). The monoisotopic (exact) mass is 270 g/mol. The Morgan fingerprint density at radius 2 is 1.95 bits per heavy atom. The van der Waals surface area contributed by atoms with Crippen molar-refractivity contribution >= 4 is 0 Å². The zero-order chi connectivity index (χ0) is 13.8. The van der Waals surface area contributed by atoms with Crippen LogP contribution in [0.1, 0.15) is 19.8 Å². The molecule has 0 radical (unpaired) electrons. The number of rotatable bonds is 4. The summed E-state index contributed by atoms with van der Waals surface area (Å²) in [5.41, 5.74) is 1.91. The van der Waals surface area contributed by atoms with Crippen LogP contribution in [0.2, 0.25) is 0 Å². The van der Waals surface area contributed by atoms with Gasteiger partial charge < -0.3 is 10.1 Å². The molecule has 2 aromatic heterocycles. The van der Waals surface area contributed by atoms with Gasteiger partial charge in [-0.15, -0.1) is 0 Å². The van der Waals surface area contributed by atoms with Gasteiger partial charge in [0.1, 0.15) is 18.2 Å². The first-order chi connectivity index (χ1) is 9.83. The molecule has 0 amide bonds. The van der Waals surface area contributed by atoms with Crippen LogP contribution in [0.25, 0.3) is 11.1 Å². The minimum Gasteiger partial charge on any atom is -0.487 e. The van der Waals surface area contributed by atoms with Crippen LogP contribution in [0.4, 0.5) is 0 Å². The van der Waals surface area contributed by atoms with Crippen molar-refractivity contribution in [2.24, 2.45) is 0 Å². The standard InChI is InChI=1S/C15H18N4O/c1-11(15-3-2-4-19-15)20-14-5-12(6-16-9-14)13-7-17-10-18-8-13/h5-11,15,19H,2-4H2,1H3/t11?,15-/m0/s1. The maximum absolute atomic E-state index is 5.99. The first-order valence-corrected chi connectivity index (χ1v) is 6.93. The zero-order valence-electron chi connectivity index (χ0n) is 11.5. The van der Waals surface area contributed by atoms with Crippen LogP contribution >= 0.6 is 0 Å². The fourth-order valence-corrected chi connectivity index (χ4v) is 2.50. The summed E-state index contributed by atoms with van der Waals surface area (Å²) in [4.78, 5) is 12.3. The summed E-state index contributed by atoms with van der Waals surface area (Å²) in [6, 6.07) is 2.41. The third-order valence-electron chi connectivity index (χ3n) is 3.59. The Kier molecular flexibility index (Phi) is 3.87. The molecule has 1 aliphatic rings. The summed E-state index contributed by atoms with van der Waals surface area (Å²) in [6.45, 7) is 3.18. The van der Waals surface area contributed by atoms with Gasteiger partial charge in [-0.2, -0.15) is 0 Å². The van der Waals surface area contributed by atoms with Crippen molar-refractivity contribution in [3.8, 4) is 16.9 Å². The minimum absolute atomic E-state index is 0.140. The third-order valence-corrected chi connectivity index (χ3v) is 3.59. The topological polar surface area (TPSA) is 59.9 Å². The van der Waals surface area contributed by atoms with E-state index in [1.807, 2.05) is 6.07 Å². The molecule has 0 aromatic carbocycles. The van der Waals surface area contributed by atoms with Crippen molar-refractivity contribution in [1.29, 1.82) is 0 Å².